The highest BCUT2D eigenvalue weighted by molar-refractivity contribution is 6.05. The van der Waals surface area contributed by atoms with Crippen LogP contribution in [0.15, 0.2) is 41.5 Å². The van der Waals surface area contributed by atoms with Gasteiger partial charge in [-0.05, 0) is 36.8 Å². The monoisotopic (exact) mass is 583 g/mol. The Balaban J connectivity index is 1.65. The molecule has 3 amide bonds. The first-order valence-corrected chi connectivity index (χ1v) is 14.1. The van der Waals surface area contributed by atoms with Gasteiger partial charge in [-0.25, -0.2) is 9.80 Å². The van der Waals surface area contributed by atoms with Crippen molar-refractivity contribution < 1.29 is 33.3 Å². The molecule has 42 heavy (non-hydrogen) atoms. The zero-order valence-corrected chi connectivity index (χ0v) is 25.1. The van der Waals surface area contributed by atoms with E-state index < -0.39 is 6.04 Å². The largest absolute Gasteiger partial charge is 0.497 e. The Morgan fingerprint density at radius 1 is 0.976 bits per heavy atom. The predicted molar refractivity (Wildman–Crippen MR) is 158 cm³/mol. The maximum absolute atomic E-state index is 14.0. The van der Waals surface area contributed by atoms with Gasteiger partial charge in [0.25, 0.3) is 5.91 Å². The molecule has 1 fully saturated rings. The van der Waals surface area contributed by atoms with Crippen molar-refractivity contribution in [3.8, 4) is 23.0 Å². The van der Waals surface area contributed by atoms with Gasteiger partial charge in [0.1, 0.15) is 18.0 Å². The standard InChI is InChI=1S/C30H41N5O7/c1-6-31-30(37)34(12-11-33-13-15-42-16-14-33)20-29(36)35-25(21-7-10-26(39-3)28(17-21)41-5)19-24(32-35)23-9-8-22(38-2)18-27(23)40-4/h7-10,17-18,25H,6,11-16,19-20H2,1-5H3,(H,31,37)/t25-/m0/s1. The average molecular weight is 584 g/mol. The fraction of sp³-hybridized carbons (Fsp3) is 0.500. The van der Waals surface area contributed by atoms with E-state index >= 15 is 0 Å². The topological polar surface area (TPSA) is 114 Å². The Bertz CT molecular complexity index is 1260. The van der Waals surface area contributed by atoms with Crippen molar-refractivity contribution in [2.75, 3.05) is 80.9 Å². The molecule has 12 nitrogen and oxygen atoms in total. The van der Waals surface area contributed by atoms with Crippen molar-refractivity contribution >= 4 is 17.6 Å². The molecule has 0 aliphatic carbocycles. The fourth-order valence-electron chi connectivity index (χ4n) is 5.10. The van der Waals surface area contributed by atoms with Gasteiger partial charge in [-0.1, -0.05) is 6.07 Å². The van der Waals surface area contributed by atoms with E-state index in [0.29, 0.717) is 68.0 Å². The number of nitrogens with zero attached hydrogens (tertiary/aromatic N) is 4. The van der Waals surface area contributed by atoms with Crippen LogP contribution >= 0.6 is 0 Å². The molecule has 2 aliphatic rings. The van der Waals surface area contributed by atoms with Crippen LogP contribution in [0.4, 0.5) is 4.79 Å². The van der Waals surface area contributed by atoms with Gasteiger partial charge in [-0.15, -0.1) is 0 Å². The number of rotatable bonds is 12. The number of urea groups is 1. The molecule has 0 saturated carbocycles. The zero-order valence-electron chi connectivity index (χ0n) is 25.1. The summed E-state index contributed by atoms with van der Waals surface area (Å²) in [6.07, 6.45) is 0.429. The number of nitrogens with one attached hydrogen (secondary N) is 1. The highest BCUT2D eigenvalue weighted by Gasteiger charge is 2.36. The molecule has 1 N–H and O–H groups in total. The summed E-state index contributed by atoms with van der Waals surface area (Å²) in [7, 11) is 6.32. The minimum absolute atomic E-state index is 0.128. The smallest absolute Gasteiger partial charge is 0.317 e. The second-order valence-corrected chi connectivity index (χ2v) is 9.90. The second kappa shape index (κ2) is 14.7. The third kappa shape index (κ3) is 7.24. The maximum Gasteiger partial charge on any atom is 0.317 e. The molecule has 0 aromatic heterocycles. The van der Waals surface area contributed by atoms with Gasteiger partial charge >= 0.3 is 6.03 Å². The first-order valence-electron chi connectivity index (χ1n) is 14.1. The molecule has 0 radical (unpaired) electrons. The lowest BCUT2D eigenvalue weighted by Gasteiger charge is -2.31. The summed E-state index contributed by atoms with van der Waals surface area (Å²) in [4.78, 5) is 30.8. The minimum atomic E-state index is -0.436. The molecule has 0 bridgehead atoms. The number of carbonyl (C=O) groups is 2. The molecule has 2 aliphatic heterocycles. The molecule has 4 rings (SSSR count). The van der Waals surface area contributed by atoms with Crippen LogP contribution in [-0.4, -0.2) is 113 Å². The molecule has 2 aromatic rings. The van der Waals surface area contributed by atoms with Gasteiger partial charge in [0.2, 0.25) is 0 Å². The van der Waals surface area contributed by atoms with E-state index in [9.17, 15) is 9.59 Å². The minimum Gasteiger partial charge on any atom is -0.497 e. The number of hydrazone groups is 1. The Morgan fingerprint density at radius 3 is 2.38 bits per heavy atom. The summed E-state index contributed by atoms with van der Waals surface area (Å²) in [5.74, 6) is 2.07. The molecule has 228 valence electrons. The van der Waals surface area contributed by atoms with E-state index in [-0.39, 0.29) is 18.5 Å². The highest BCUT2D eigenvalue weighted by atomic mass is 16.5. The van der Waals surface area contributed by atoms with E-state index in [1.165, 1.54) is 5.01 Å². The fourth-order valence-corrected chi connectivity index (χ4v) is 5.10. The highest BCUT2D eigenvalue weighted by Crippen LogP contribution is 2.39. The molecule has 1 atom stereocenters. The Labute approximate surface area is 247 Å². The van der Waals surface area contributed by atoms with Gasteiger partial charge in [0.05, 0.1) is 53.4 Å². The first kappa shape index (κ1) is 30.9. The third-order valence-corrected chi connectivity index (χ3v) is 7.41. The summed E-state index contributed by atoms with van der Waals surface area (Å²) < 4.78 is 27.4. The Morgan fingerprint density at radius 2 is 1.71 bits per heavy atom. The number of hydrogen-bond acceptors (Lipinski definition) is 9. The average Bonchev–Trinajstić information content (AvgIpc) is 3.48. The van der Waals surface area contributed by atoms with Crippen molar-refractivity contribution in [3.05, 3.63) is 47.5 Å². The summed E-state index contributed by atoms with van der Waals surface area (Å²) >= 11 is 0. The Kier molecular flexibility index (Phi) is 10.8. The van der Waals surface area contributed by atoms with Gasteiger partial charge in [-0.3, -0.25) is 9.69 Å². The molecule has 0 unspecified atom stereocenters. The predicted octanol–water partition coefficient (Wildman–Crippen LogP) is 2.76. The summed E-state index contributed by atoms with van der Waals surface area (Å²) in [5.41, 5.74) is 2.26. The van der Waals surface area contributed by atoms with Gasteiger partial charge in [-0.2, -0.15) is 5.10 Å². The first-order chi connectivity index (χ1) is 20.4. The second-order valence-electron chi connectivity index (χ2n) is 9.90. The maximum atomic E-state index is 14.0. The van der Waals surface area contributed by atoms with Crippen molar-refractivity contribution in [2.45, 2.75) is 19.4 Å². The van der Waals surface area contributed by atoms with Crippen LogP contribution in [0, 0.1) is 0 Å². The number of methoxy groups -OCH3 is 4. The van der Waals surface area contributed by atoms with Crippen LogP contribution in [0.3, 0.4) is 0 Å². The molecule has 0 spiro atoms. The number of hydrogen-bond donors (Lipinski definition) is 1. The number of ether oxygens (including phenoxy) is 5. The van der Waals surface area contributed by atoms with Crippen LogP contribution in [0.25, 0.3) is 0 Å². The molecule has 1 saturated heterocycles. The van der Waals surface area contributed by atoms with Crippen molar-refractivity contribution in [3.63, 3.8) is 0 Å². The summed E-state index contributed by atoms with van der Waals surface area (Å²) in [5, 5.41) is 9.12. The van der Waals surface area contributed by atoms with Crippen LogP contribution in [0.5, 0.6) is 23.0 Å². The zero-order chi connectivity index (χ0) is 30.1. The van der Waals surface area contributed by atoms with E-state index in [4.69, 9.17) is 28.8 Å². The van der Waals surface area contributed by atoms with Crippen molar-refractivity contribution in [1.29, 1.82) is 0 Å². The molecular formula is C30H41N5O7. The molecular weight excluding hydrogens is 542 g/mol. The van der Waals surface area contributed by atoms with Crippen LogP contribution in [0.1, 0.15) is 30.5 Å². The molecule has 12 heteroatoms. The van der Waals surface area contributed by atoms with Crippen molar-refractivity contribution in [1.82, 2.24) is 20.1 Å². The quantitative estimate of drug-likeness (QED) is 0.406. The lowest BCUT2D eigenvalue weighted by atomic mass is 9.97. The summed E-state index contributed by atoms with van der Waals surface area (Å²) in [6.45, 7) is 6.13. The molecule has 2 aromatic carbocycles. The van der Waals surface area contributed by atoms with Gasteiger partial charge in [0.15, 0.2) is 11.5 Å². The summed E-state index contributed by atoms with van der Waals surface area (Å²) in [6, 6.07) is 10.3. The number of benzene rings is 2. The Hall–Kier alpha value is -4.03. The number of amides is 3. The molecule has 2 heterocycles. The lowest BCUT2D eigenvalue weighted by Crippen LogP contribution is -2.49. The van der Waals surface area contributed by atoms with E-state index in [1.807, 2.05) is 37.3 Å². The van der Waals surface area contributed by atoms with Crippen LogP contribution in [0.2, 0.25) is 0 Å². The van der Waals surface area contributed by atoms with Crippen LogP contribution in [-0.2, 0) is 9.53 Å². The van der Waals surface area contributed by atoms with Gasteiger partial charge in [0, 0.05) is 50.8 Å². The number of morpholine rings is 1. The lowest BCUT2D eigenvalue weighted by molar-refractivity contribution is -0.133. The normalized spacial score (nSPS) is 16.9. The third-order valence-electron chi connectivity index (χ3n) is 7.41. The van der Waals surface area contributed by atoms with Crippen molar-refractivity contribution in [2.24, 2.45) is 5.10 Å². The van der Waals surface area contributed by atoms with E-state index in [2.05, 4.69) is 10.2 Å². The van der Waals surface area contributed by atoms with Crippen LogP contribution < -0.4 is 24.3 Å². The number of carbonyl (C=O) groups excluding carboxylic acids is 2. The van der Waals surface area contributed by atoms with E-state index in [1.54, 1.807) is 39.4 Å². The van der Waals surface area contributed by atoms with Gasteiger partial charge < -0.3 is 33.9 Å². The SMILES string of the molecule is CCNC(=O)N(CCN1CCOCC1)CC(=O)N1N=C(c2ccc(OC)cc2OC)C[C@H]1c1ccc(OC)c(OC)c1. The van der Waals surface area contributed by atoms with E-state index in [0.717, 1.165) is 24.2 Å².